The van der Waals surface area contributed by atoms with E-state index in [9.17, 15) is 24.3 Å². The Kier molecular flexibility index (Phi) is 11.1. The number of carbonyl (C=O) groups is 4. The number of halogens is 2. The lowest BCUT2D eigenvalue weighted by Crippen LogP contribution is -2.61. The van der Waals surface area contributed by atoms with E-state index < -0.39 is 42.4 Å². The van der Waals surface area contributed by atoms with Gasteiger partial charge in [0.05, 0.1) is 41.5 Å². The summed E-state index contributed by atoms with van der Waals surface area (Å²) in [6.45, 7) is 7.31. The first-order valence-corrected chi connectivity index (χ1v) is 12.7. The molecule has 12 heteroatoms. The molecule has 3 N–H and O–H groups in total. The quantitative estimate of drug-likeness (QED) is 0.341. The lowest BCUT2D eigenvalue weighted by molar-refractivity contribution is -0.160. The Bertz CT molecular complexity index is 974. The van der Waals surface area contributed by atoms with Crippen LogP contribution in [-0.4, -0.2) is 54.1 Å². The van der Waals surface area contributed by atoms with Crippen LogP contribution in [0.1, 0.15) is 70.2 Å². The van der Waals surface area contributed by atoms with Gasteiger partial charge in [0.25, 0.3) is 11.9 Å². The fourth-order valence-corrected chi connectivity index (χ4v) is 4.70. The van der Waals surface area contributed by atoms with Gasteiger partial charge in [0.2, 0.25) is 5.91 Å². The van der Waals surface area contributed by atoms with Gasteiger partial charge in [-0.15, -0.1) is 0 Å². The molecule has 1 heterocycles. The second kappa shape index (κ2) is 13.3. The molecule has 0 aromatic heterocycles. The van der Waals surface area contributed by atoms with Crippen LogP contribution in [0.15, 0.2) is 18.2 Å². The number of benzene rings is 1. The molecule has 0 bridgehead atoms. The lowest BCUT2D eigenvalue weighted by atomic mass is 9.68. The van der Waals surface area contributed by atoms with Gasteiger partial charge in [-0.25, -0.2) is 0 Å². The van der Waals surface area contributed by atoms with Gasteiger partial charge in [0.1, 0.15) is 0 Å². The van der Waals surface area contributed by atoms with E-state index in [4.69, 9.17) is 32.5 Å². The normalized spacial score (nSPS) is 19.4. The minimum absolute atomic E-state index is 0.0846. The van der Waals surface area contributed by atoms with E-state index >= 15 is 0 Å². The maximum atomic E-state index is 12.7. The van der Waals surface area contributed by atoms with Crippen LogP contribution in [0.4, 0.5) is 0 Å². The Morgan fingerprint density at radius 3 is 2.53 bits per heavy atom. The minimum atomic E-state index is -1.25. The molecule has 198 valence electrons. The summed E-state index contributed by atoms with van der Waals surface area (Å²) >= 11 is 12.0. The zero-order valence-corrected chi connectivity index (χ0v) is 22.4. The summed E-state index contributed by atoms with van der Waals surface area (Å²) in [5.74, 6) is -3.68. The van der Waals surface area contributed by atoms with E-state index in [-0.39, 0.29) is 41.8 Å². The highest BCUT2D eigenvalue weighted by Gasteiger charge is 2.52. The highest BCUT2D eigenvalue weighted by molar-refractivity contribution is 6.50. The van der Waals surface area contributed by atoms with Crippen LogP contribution >= 0.6 is 23.2 Å². The maximum Gasteiger partial charge on any atom is 0.551 e. The van der Waals surface area contributed by atoms with E-state index in [1.54, 1.807) is 6.07 Å². The molecule has 0 spiro atoms. The summed E-state index contributed by atoms with van der Waals surface area (Å²) in [6.07, 6.45) is 1.29. The Morgan fingerprint density at radius 1 is 1.22 bits per heavy atom. The van der Waals surface area contributed by atoms with Crippen LogP contribution in [0.3, 0.4) is 0 Å². The Morgan fingerprint density at radius 2 is 1.92 bits per heavy atom. The average molecular weight is 543 g/mol. The van der Waals surface area contributed by atoms with Gasteiger partial charge in [0, 0.05) is 5.02 Å². The maximum absolute atomic E-state index is 12.7. The largest absolute Gasteiger partial charge is 0.551 e. The fourth-order valence-electron chi connectivity index (χ4n) is 4.33. The second-order valence-electron chi connectivity index (χ2n) is 9.59. The molecule has 1 fully saturated rings. The SMILES string of the molecule is CCCC(C)C1(CC(=O)O)CC(=O)OB([C@H](CC(C)C)NC(=O)CNC(=O)c2cc(Cl)ccc2Cl)O1. The van der Waals surface area contributed by atoms with E-state index in [2.05, 4.69) is 10.6 Å². The molecule has 0 radical (unpaired) electrons. The predicted octanol–water partition coefficient (Wildman–Crippen LogP) is 3.89. The smallest absolute Gasteiger partial charge is 0.508 e. The third-order valence-electron chi connectivity index (χ3n) is 6.10. The Balaban J connectivity index is 2.17. The molecule has 1 aliphatic rings. The molecule has 2 rings (SSSR count). The van der Waals surface area contributed by atoms with Crippen molar-refractivity contribution in [2.75, 3.05) is 6.54 Å². The predicted molar refractivity (Wildman–Crippen MR) is 137 cm³/mol. The summed E-state index contributed by atoms with van der Waals surface area (Å²) < 4.78 is 11.7. The molecule has 1 aromatic rings. The van der Waals surface area contributed by atoms with Gasteiger partial charge in [0.15, 0.2) is 0 Å². The lowest BCUT2D eigenvalue weighted by Gasteiger charge is -2.44. The molecule has 2 unspecified atom stereocenters. The van der Waals surface area contributed by atoms with Crippen LogP contribution < -0.4 is 10.6 Å². The fraction of sp³-hybridized carbons (Fsp3) is 0.583. The number of carbonyl (C=O) groups excluding carboxylic acids is 3. The van der Waals surface area contributed by atoms with Crippen molar-refractivity contribution in [1.29, 1.82) is 0 Å². The first-order chi connectivity index (χ1) is 16.9. The number of aliphatic carboxylic acids is 1. The highest BCUT2D eigenvalue weighted by atomic mass is 35.5. The molecular weight excluding hydrogens is 510 g/mol. The zero-order valence-electron chi connectivity index (χ0n) is 20.9. The van der Waals surface area contributed by atoms with Crippen LogP contribution in [0, 0.1) is 11.8 Å². The second-order valence-corrected chi connectivity index (χ2v) is 10.4. The van der Waals surface area contributed by atoms with Crippen LogP contribution in [0.5, 0.6) is 0 Å². The standard InChI is InChI=1S/C24H33BCl2N2O7/c1-5-6-15(4)24(11-21(31)32)12-22(33)35-25(36-24)19(9-14(2)3)29-20(30)13-28-23(34)17-10-16(26)7-8-18(17)27/h7-8,10,14-15,19H,5-6,9,11-13H2,1-4H3,(H,28,34)(H,29,30)(H,31,32)/t15?,19-,24?/m0/s1. The summed E-state index contributed by atoms with van der Waals surface area (Å²) in [5.41, 5.74) is -1.12. The van der Waals surface area contributed by atoms with Crippen molar-refractivity contribution in [2.45, 2.75) is 71.3 Å². The summed E-state index contributed by atoms with van der Waals surface area (Å²) in [6, 6.07) is 4.42. The van der Waals surface area contributed by atoms with Crippen molar-refractivity contribution in [3.8, 4) is 0 Å². The van der Waals surface area contributed by atoms with E-state index in [1.165, 1.54) is 12.1 Å². The first kappa shape index (κ1) is 29.9. The minimum Gasteiger partial charge on any atom is -0.508 e. The van der Waals surface area contributed by atoms with Crippen LogP contribution in [0.25, 0.3) is 0 Å². The molecule has 1 aromatic carbocycles. The average Bonchev–Trinajstić information content (AvgIpc) is 2.77. The first-order valence-electron chi connectivity index (χ1n) is 12.0. The molecule has 0 saturated carbocycles. The Hall–Kier alpha value is -2.30. The number of rotatable bonds is 12. The Labute approximate surface area is 221 Å². The van der Waals surface area contributed by atoms with Crippen LogP contribution in [0.2, 0.25) is 10.0 Å². The zero-order chi connectivity index (χ0) is 27.0. The summed E-state index contributed by atoms with van der Waals surface area (Å²) in [5, 5.41) is 15.3. The third kappa shape index (κ3) is 8.39. The van der Waals surface area contributed by atoms with Crippen LogP contribution in [-0.2, 0) is 23.7 Å². The van der Waals surface area contributed by atoms with Gasteiger partial charge in [-0.05, 0) is 42.9 Å². The van der Waals surface area contributed by atoms with Gasteiger partial charge >= 0.3 is 13.1 Å². The number of hydrogen-bond acceptors (Lipinski definition) is 6. The number of nitrogens with one attached hydrogen (secondary N) is 2. The molecular formula is C24H33BCl2N2O7. The van der Waals surface area contributed by atoms with Gasteiger partial charge in [-0.2, -0.15) is 0 Å². The molecule has 2 amide bonds. The highest BCUT2D eigenvalue weighted by Crippen LogP contribution is 2.38. The summed E-state index contributed by atoms with van der Waals surface area (Å²) in [4.78, 5) is 49.5. The van der Waals surface area contributed by atoms with Gasteiger partial charge in [-0.1, -0.05) is 57.3 Å². The summed E-state index contributed by atoms with van der Waals surface area (Å²) in [7, 11) is -1.17. The molecule has 36 heavy (non-hydrogen) atoms. The third-order valence-corrected chi connectivity index (χ3v) is 6.66. The number of carboxylic acids is 1. The van der Waals surface area contributed by atoms with Crippen molar-refractivity contribution in [3.05, 3.63) is 33.8 Å². The van der Waals surface area contributed by atoms with Crippen molar-refractivity contribution in [1.82, 2.24) is 10.6 Å². The van der Waals surface area contributed by atoms with E-state index in [0.717, 1.165) is 6.42 Å². The van der Waals surface area contributed by atoms with E-state index in [0.29, 0.717) is 17.9 Å². The van der Waals surface area contributed by atoms with Gasteiger partial charge in [-0.3, -0.25) is 19.2 Å². The van der Waals surface area contributed by atoms with E-state index in [1.807, 2.05) is 27.7 Å². The molecule has 3 atom stereocenters. The van der Waals surface area contributed by atoms with Crippen molar-refractivity contribution in [3.63, 3.8) is 0 Å². The number of carboxylic acid groups (broad SMARTS) is 1. The molecule has 1 aliphatic heterocycles. The number of amides is 2. The van der Waals surface area contributed by atoms with Crippen molar-refractivity contribution >= 4 is 54.1 Å². The van der Waals surface area contributed by atoms with Gasteiger partial charge < -0.3 is 25.0 Å². The monoisotopic (exact) mass is 542 g/mol. The molecule has 1 saturated heterocycles. The van der Waals surface area contributed by atoms with Crippen molar-refractivity contribution in [2.24, 2.45) is 11.8 Å². The molecule has 0 aliphatic carbocycles. The number of hydrogen-bond donors (Lipinski definition) is 3. The topological polar surface area (TPSA) is 131 Å². The molecule has 9 nitrogen and oxygen atoms in total. The van der Waals surface area contributed by atoms with Crippen molar-refractivity contribution < 1.29 is 33.6 Å².